The Morgan fingerprint density at radius 1 is 1.61 bits per heavy atom. The van der Waals surface area contributed by atoms with E-state index < -0.39 is 16.5 Å². The van der Waals surface area contributed by atoms with Gasteiger partial charge in [-0.05, 0) is 42.7 Å². The third-order valence-electron chi connectivity index (χ3n) is 3.20. The van der Waals surface area contributed by atoms with Crippen LogP contribution in [0.2, 0.25) is 0 Å². The van der Waals surface area contributed by atoms with Crippen LogP contribution in [0.1, 0.15) is 18.4 Å². The maximum Gasteiger partial charge on any atom is 0.320 e. The first-order chi connectivity index (χ1) is 8.57. The van der Waals surface area contributed by atoms with E-state index in [9.17, 15) is 14.3 Å². The van der Waals surface area contributed by atoms with Gasteiger partial charge in [0.25, 0.3) is 0 Å². The van der Waals surface area contributed by atoms with Crippen LogP contribution in [0.4, 0.5) is 4.39 Å². The van der Waals surface area contributed by atoms with Gasteiger partial charge in [0.1, 0.15) is 4.75 Å². The Labute approximate surface area is 109 Å². The molecule has 1 heterocycles. The molecule has 1 saturated heterocycles. The average Bonchev–Trinajstić information content (AvgIpc) is 2.79. The van der Waals surface area contributed by atoms with Crippen LogP contribution < -0.4 is 4.74 Å². The van der Waals surface area contributed by atoms with Crippen molar-refractivity contribution < 1.29 is 19.0 Å². The summed E-state index contributed by atoms with van der Waals surface area (Å²) in [6, 6.07) is 4.63. The number of carboxylic acids is 1. The van der Waals surface area contributed by atoms with Gasteiger partial charge in [-0.2, -0.15) is 0 Å². The highest BCUT2D eigenvalue weighted by atomic mass is 32.2. The van der Waals surface area contributed by atoms with Crippen LogP contribution in [0.5, 0.6) is 5.75 Å². The minimum Gasteiger partial charge on any atom is -0.494 e. The molecule has 1 aliphatic rings. The molecule has 2 rings (SSSR count). The molecule has 1 N–H and O–H groups in total. The third kappa shape index (κ3) is 2.46. The summed E-state index contributed by atoms with van der Waals surface area (Å²) in [5, 5.41) is 9.36. The van der Waals surface area contributed by atoms with Crippen molar-refractivity contribution in [2.45, 2.75) is 24.0 Å². The molecule has 1 unspecified atom stereocenters. The minimum absolute atomic E-state index is 0.183. The first-order valence-corrected chi connectivity index (χ1v) is 6.76. The highest BCUT2D eigenvalue weighted by Crippen LogP contribution is 2.41. The van der Waals surface area contributed by atoms with Gasteiger partial charge < -0.3 is 9.84 Å². The van der Waals surface area contributed by atoms with Crippen molar-refractivity contribution in [1.29, 1.82) is 0 Å². The topological polar surface area (TPSA) is 46.5 Å². The van der Waals surface area contributed by atoms with Crippen molar-refractivity contribution in [2.24, 2.45) is 0 Å². The second kappa shape index (κ2) is 5.18. The van der Waals surface area contributed by atoms with Crippen molar-refractivity contribution in [2.75, 3.05) is 12.9 Å². The SMILES string of the molecule is COc1ccc(CC2(C(=O)O)CCCS2)cc1F. The Kier molecular flexibility index (Phi) is 3.80. The summed E-state index contributed by atoms with van der Waals surface area (Å²) in [4.78, 5) is 11.4. The van der Waals surface area contributed by atoms with Crippen LogP contribution in [0.3, 0.4) is 0 Å². The molecule has 18 heavy (non-hydrogen) atoms. The molecule has 0 aromatic heterocycles. The van der Waals surface area contributed by atoms with E-state index in [-0.39, 0.29) is 5.75 Å². The Balaban J connectivity index is 2.22. The molecule has 0 saturated carbocycles. The zero-order chi connectivity index (χ0) is 13.2. The van der Waals surface area contributed by atoms with Crippen LogP contribution in [0.15, 0.2) is 18.2 Å². The van der Waals surface area contributed by atoms with Crippen LogP contribution in [0.25, 0.3) is 0 Å². The molecule has 0 amide bonds. The molecule has 0 aliphatic carbocycles. The molecular weight excluding hydrogens is 255 g/mol. The highest BCUT2D eigenvalue weighted by molar-refractivity contribution is 8.01. The lowest BCUT2D eigenvalue weighted by molar-refractivity contribution is -0.139. The number of methoxy groups -OCH3 is 1. The standard InChI is InChI=1S/C13H15FO3S/c1-17-11-4-3-9(7-10(11)14)8-13(12(15)16)5-2-6-18-13/h3-4,7H,2,5-6,8H2,1H3,(H,15,16). The van der Waals surface area contributed by atoms with Gasteiger partial charge in [-0.15, -0.1) is 11.8 Å². The summed E-state index contributed by atoms with van der Waals surface area (Å²) in [5.74, 6) is -0.216. The largest absolute Gasteiger partial charge is 0.494 e. The summed E-state index contributed by atoms with van der Waals surface area (Å²) in [6.45, 7) is 0. The molecule has 5 heteroatoms. The smallest absolute Gasteiger partial charge is 0.320 e. The lowest BCUT2D eigenvalue weighted by Gasteiger charge is -2.23. The van der Waals surface area contributed by atoms with Gasteiger partial charge in [0, 0.05) is 0 Å². The summed E-state index contributed by atoms with van der Waals surface area (Å²) < 4.78 is 17.6. The number of ether oxygens (including phenoxy) is 1. The summed E-state index contributed by atoms with van der Waals surface area (Å²) in [5.41, 5.74) is 0.699. The number of carboxylic acid groups (broad SMARTS) is 1. The maximum absolute atomic E-state index is 13.6. The highest BCUT2D eigenvalue weighted by Gasteiger charge is 2.42. The Hall–Kier alpha value is -1.23. The summed E-state index contributed by atoms with van der Waals surface area (Å²) in [7, 11) is 1.41. The maximum atomic E-state index is 13.6. The van der Waals surface area contributed by atoms with Crippen LogP contribution in [-0.2, 0) is 11.2 Å². The second-order valence-corrected chi connectivity index (χ2v) is 5.88. The van der Waals surface area contributed by atoms with Crippen molar-refractivity contribution in [3.63, 3.8) is 0 Å². The molecule has 1 fully saturated rings. The molecule has 98 valence electrons. The first kappa shape index (κ1) is 13.2. The van der Waals surface area contributed by atoms with E-state index >= 15 is 0 Å². The van der Waals surface area contributed by atoms with Crippen LogP contribution >= 0.6 is 11.8 Å². The summed E-state index contributed by atoms with van der Waals surface area (Å²) in [6.07, 6.45) is 1.89. The van der Waals surface area contributed by atoms with Gasteiger partial charge in [0.15, 0.2) is 11.6 Å². The lowest BCUT2D eigenvalue weighted by atomic mass is 9.94. The van der Waals surface area contributed by atoms with E-state index in [4.69, 9.17) is 4.74 Å². The zero-order valence-corrected chi connectivity index (χ0v) is 10.9. The molecular formula is C13H15FO3S. The third-order valence-corrected chi connectivity index (χ3v) is 4.77. The van der Waals surface area contributed by atoms with E-state index in [1.54, 1.807) is 12.1 Å². The summed E-state index contributed by atoms with van der Waals surface area (Å²) >= 11 is 1.46. The first-order valence-electron chi connectivity index (χ1n) is 5.77. The number of rotatable bonds is 4. The van der Waals surface area contributed by atoms with Crippen molar-refractivity contribution in [3.05, 3.63) is 29.6 Å². The van der Waals surface area contributed by atoms with Gasteiger partial charge in [0.05, 0.1) is 7.11 Å². The van der Waals surface area contributed by atoms with Gasteiger partial charge in [-0.1, -0.05) is 6.07 Å². The fourth-order valence-corrected chi connectivity index (χ4v) is 3.59. The Bertz CT molecular complexity index is 456. The van der Waals surface area contributed by atoms with E-state index in [2.05, 4.69) is 0 Å². The fourth-order valence-electron chi connectivity index (χ4n) is 2.23. The number of benzene rings is 1. The van der Waals surface area contributed by atoms with E-state index in [0.29, 0.717) is 18.4 Å². The second-order valence-electron chi connectivity index (χ2n) is 4.40. The Morgan fingerprint density at radius 2 is 2.39 bits per heavy atom. The zero-order valence-electron chi connectivity index (χ0n) is 10.1. The van der Waals surface area contributed by atoms with Crippen LogP contribution in [0, 0.1) is 5.82 Å². The molecule has 1 atom stereocenters. The predicted molar refractivity (Wildman–Crippen MR) is 68.7 cm³/mol. The number of hydrogen-bond acceptors (Lipinski definition) is 3. The molecule has 1 aliphatic heterocycles. The van der Waals surface area contributed by atoms with Gasteiger partial charge in [-0.3, -0.25) is 4.79 Å². The number of hydrogen-bond donors (Lipinski definition) is 1. The number of carbonyl (C=O) groups is 1. The normalized spacial score (nSPS) is 23.0. The van der Waals surface area contributed by atoms with E-state index in [0.717, 1.165) is 12.2 Å². The molecule has 0 spiro atoms. The minimum atomic E-state index is -0.804. The Morgan fingerprint density at radius 3 is 2.89 bits per heavy atom. The number of aliphatic carboxylic acids is 1. The van der Waals surface area contributed by atoms with Gasteiger partial charge >= 0.3 is 5.97 Å². The van der Waals surface area contributed by atoms with Gasteiger partial charge in [-0.25, -0.2) is 4.39 Å². The monoisotopic (exact) mass is 270 g/mol. The number of thioether (sulfide) groups is 1. The molecule has 1 aromatic carbocycles. The molecule has 0 bridgehead atoms. The van der Waals surface area contributed by atoms with Crippen molar-refractivity contribution in [3.8, 4) is 5.75 Å². The quantitative estimate of drug-likeness (QED) is 0.913. The molecule has 3 nitrogen and oxygen atoms in total. The predicted octanol–water partition coefficient (Wildman–Crippen LogP) is 2.73. The lowest BCUT2D eigenvalue weighted by Crippen LogP contribution is -2.34. The van der Waals surface area contributed by atoms with E-state index in [1.807, 2.05) is 0 Å². The van der Waals surface area contributed by atoms with Crippen LogP contribution in [-0.4, -0.2) is 28.7 Å². The molecule has 0 radical (unpaired) electrons. The number of halogens is 1. The van der Waals surface area contributed by atoms with Crippen molar-refractivity contribution >= 4 is 17.7 Å². The van der Waals surface area contributed by atoms with E-state index in [1.165, 1.54) is 24.9 Å². The molecule has 1 aromatic rings. The van der Waals surface area contributed by atoms with Gasteiger partial charge in [0.2, 0.25) is 0 Å². The van der Waals surface area contributed by atoms with Crippen molar-refractivity contribution in [1.82, 2.24) is 0 Å². The average molecular weight is 270 g/mol. The fraction of sp³-hybridized carbons (Fsp3) is 0.462.